The largest absolute Gasteiger partial charge is 0.438 e. The number of hydrogen-bond donors (Lipinski definition) is 2. The van der Waals surface area contributed by atoms with Crippen molar-refractivity contribution in [3.8, 4) is 11.6 Å². The van der Waals surface area contributed by atoms with Crippen molar-refractivity contribution in [1.29, 1.82) is 0 Å². The zero-order valence-electron chi connectivity index (χ0n) is 12.3. The van der Waals surface area contributed by atoms with E-state index in [0.717, 1.165) is 24.9 Å². The van der Waals surface area contributed by atoms with Gasteiger partial charge in [-0.05, 0) is 43.5 Å². The number of anilines is 1. The lowest BCUT2D eigenvalue weighted by Crippen LogP contribution is -2.55. The highest BCUT2D eigenvalue weighted by atomic mass is 32.1. The third kappa shape index (κ3) is 2.31. The van der Waals surface area contributed by atoms with E-state index in [1.54, 1.807) is 18.6 Å². The van der Waals surface area contributed by atoms with Crippen LogP contribution in [0.2, 0.25) is 0 Å². The van der Waals surface area contributed by atoms with Crippen molar-refractivity contribution in [2.24, 2.45) is 0 Å². The molecule has 1 unspecified atom stereocenters. The molecule has 4 rings (SSSR count). The van der Waals surface area contributed by atoms with Crippen LogP contribution in [0.3, 0.4) is 0 Å². The third-order valence-corrected chi connectivity index (χ3v) is 4.81. The Hall–Kier alpha value is -2.28. The highest BCUT2D eigenvalue weighted by Gasteiger charge is 2.56. The average molecular weight is 328 g/mol. The number of ether oxygens (including phenoxy) is 1. The Kier molecular flexibility index (Phi) is 3.37. The number of nitrogens with one attached hydrogen (secondary N) is 1. The van der Waals surface area contributed by atoms with E-state index >= 15 is 0 Å². The normalized spacial score (nSPS) is 21.9. The van der Waals surface area contributed by atoms with Gasteiger partial charge in [-0.1, -0.05) is 0 Å². The van der Waals surface area contributed by atoms with Crippen molar-refractivity contribution in [1.82, 2.24) is 15.3 Å². The second-order valence-corrected chi connectivity index (χ2v) is 6.23. The Morgan fingerprint density at radius 2 is 2.04 bits per heavy atom. The predicted octanol–water partition coefficient (Wildman–Crippen LogP) is 2.34. The summed E-state index contributed by atoms with van der Waals surface area (Å²) in [6.07, 6.45) is 7.54. The van der Waals surface area contributed by atoms with Crippen LogP contribution in [-0.4, -0.2) is 26.9 Å². The van der Waals surface area contributed by atoms with Gasteiger partial charge in [0.05, 0.1) is 6.20 Å². The summed E-state index contributed by atoms with van der Waals surface area (Å²) < 4.78 is 5.64. The number of rotatable bonds is 3. The Morgan fingerprint density at radius 3 is 2.65 bits per heavy atom. The fourth-order valence-electron chi connectivity index (χ4n) is 3.16. The molecule has 1 aromatic heterocycles. The maximum Gasteiger partial charge on any atom is 0.248 e. The van der Waals surface area contributed by atoms with Gasteiger partial charge >= 0.3 is 0 Å². The van der Waals surface area contributed by atoms with E-state index in [2.05, 4.69) is 32.8 Å². The number of thiol groups is 1. The van der Waals surface area contributed by atoms with Crippen LogP contribution in [0.25, 0.3) is 0 Å². The summed E-state index contributed by atoms with van der Waals surface area (Å²) in [5, 5.41) is 2.91. The van der Waals surface area contributed by atoms with Crippen LogP contribution in [0.4, 0.5) is 5.69 Å². The first-order valence-electron chi connectivity index (χ1n) is 7.51. The smallest absolute Gasteiger partial charge is 0.248 e. The summed E-state index contributed by atoms with van der Waals surface area (Å²) in [6, 6.07) is 7.60. The van der Waals surface area contributed by atoms with Crippen molar-refractivity contribution >= 4 is 24.2 Å². The van der Waals surface area contributed by atoms with E-state index in [0.29, 0.717) is 11.6 Å². The van der Waals surface area contributed by atoms with Gasteiger partial charge in [0.25, 0.3) is 0 Å². The van der Waals surface area contributed by atoms with E-state index in [1.807, 2.05) is 24.3 Å². The van der Waals surface area contributed by atoms with E-state index in [-0.39, 0.29) is 11.4 Å². The van der Waals surface area contributed by atoms with Gasteiger partial charge in [0.2, 0.25) is 11.8 Å². The molecule has 0 bridgehead atoms. The van der Waals surface area contributed by atoms with Crippen LogP contribution in [0, 0.1) is 0 Å². The van der Waals surface area contributed by atoms with Crippen LogP contribution < -0.4 is 15.0 Å². The maximum absolute atomic E-state index is 12.2. The molecule has 1 amide bonds. The monoisotopic (exact) mass is 328 g/mol. The first-order valence-corrected chi connectivity index (χ1v) is 8.03. The summed E-state index contributed by atoms with van der Waals surface area (Å²) in [7, 11) is 0. The van der Waals surface area contributed by atoms with Crippen molar-refractivity contribution in [3.63, 3.8) is 0 Å². The van der Waals surface area contributed by atoms with Gasteiger partial charge < -0.3 is 15.0 Å². The predicted molar refractivity (Wildman–Crippen MR) is 88.5 cm³/mol. The number of benzene rings is 1. The summed E-state index contributed by atoms with van der Waals surface area (Å²) in [5.41, 5.74) is 0.226. The fourth-order valence-corrected chi connectivity index (χ4v) is 3.63. The van der Waals surface area contributed by atoms with Crippen LogP contribution >= 0.6 is 12.6 Å². The molecule has 1 saturated heterocycles. The van der Waals surface area contributed by atoms with Gasteiger partial charge in [0.1, 0.15) is 16.8 Å². The van der Waals surface area contributed by atoms with Crippen molar-refractivity contribution in [2.45, 2.75) is 30.3 Å². The molecular formula is C16H16N4O2S. The second kappa shape index (κ2) is 5.42. The molecule has 0 radical (unpaired) electrons. The van der Waals surface area contributed by atoms with E-state index in [9.17, 15) is 4.79 Å². The van der Waals surface area contributed by atoms with Gasteiger partial charge in [0, 0.05) is 18.1 Å². The van der Waals surface area contributed by atoms with E-state index < -0.39 is 5.54 Å². The van der Waals surface area contributed by atoms with Gasteiger partial charge in [-0.3, -0.25) is 9.78 Å². The standard InChI is InChI=1S/C16H16N4O2S/c21-14-16(6-1-7-16)20(15(23)19-14)11-2-4-12(5-3-11)22-13-10-17-8-9-18-13/h2-5,8-10,15,23H,1,6-7H2,(H,19,21). The minimum atomic E-state index is -0.431. The van der Waals surface area contributed by atoms with Gasteiger partial charge in [-0.2, -0.15) is 0 Å². The molecule has 2 aliphatic rings. The summed E-state index contributed by atoms with van der Waals surface area (Å²) in [6.45, 7) is 0. The zero-order chi connectivity index (χ0) is 15.9. The first kappa shape index (κ1) is 14.3. The van der Waals surface area contributed by atoms with Crippen molar-refractivity contribution < 1.29 is 9.53 Å². The molecule has 1 saturated carbocycles. The quantitative estimate of drug-likeness (QED) is 0.847. The molecule has 1 aliphatic carbocycles. The number of carbonyl (C=O) groups excluding carboxylic acids is 1. The fraction of sp³-hybridized carbons (Fsp3) is 0.312. The first-order chi connectivity index (χ1) is 11.2. The molecule has 23 heavy (non-hydrogen) atoms. The number of nitrogens with zero attached hydrogens (tertiary/aromatic N) is 3. The molecule has 1 N–H and O–H groups in total. The average Bonchev–Trinajstić information content (AvgIpc) is 2.80. The Balaban J connectivity index is 1.57. The Labute approximate surface area is 139 Å². The van der Waals surface area contributed by atoms with Crippen LogP contribution in [0.15, 0.2) is 42.9 Å². The Bertz CT molecular complexity index is 719. The van der Waals surface area contributed by atoms with E-state index in [4.69, 9.17) is 4.74 Å². The highest BCUT2D eigenvalue weighted by molar-refractivity contribution is 7.81. The number of amides is 1. The minimum Gasteiger partial charge on any atom is -0.438 e. The number of carbonyl (C=O) groups is 1. The van der Waals surface area contributed by atoms with Gasteiger partial charge in [-0.15, -0.1) is 12.6 Å². The molecular weight excluding hydrogens is 312 g/mol. The topological polar surface area (TPSA) is 67.4 Å². The van der Waals surface area contributed by atoms with Crippen LogP contribution in [0.5, 0.6) is 11.6 Å². The summed E-state index contributed by atoms with van der Waals surface area (Å²) >= 11 is 4.51. The Morgan fingerprint density at radius 1 is 1.26 bits per heavy atom. The molecule has 6 nitrogen and oxygen atoms in total. The third-order valence-electron chi connectivity index (χ3n) is 4.45. The molecule has 2 heterocycles. The van der Waals surface area contributed by atoms with Crippen LogP contribution in [-0.2, 0) is 4.79 Å². The minimum absolute atomic E-state index is 0.0728. The number of aromatic nitrogens is 2. The van der Waals surface area contributed by atoms with Gasteiger partial charge in [-0.25, -0.2) is 4.98 Å². The SMILES string of the molecule is O=C1NC(S)N(c2ccc(Oc3cnccn3)cc2)C12CCC2. The molecule has 1 aliphatic heterocycles. The molecule has 7 heteroatoms. The van der Waals surface area contributed by atoms with E-state index in [1.165, 1.54) is 0 Å². The van der Waals surface area contributed by atoms with Crippen LogP contribution in [0.1, 0.15) is 19.3 Å². The molecule has 2 fully saturated rings. The zero-order valence-corrected chi connectivity index (χ0v) is 13.2. The lowest BCUT2D eigenvalue weighted by atomic mass is 9.75. The molecule has 1 atom stereocenters. The highest BCUT2D eigenvalue weighted by Crippen LogP contribution is 2.45. The summed E-state index contributed by atoms with van der Waals surface area (Å²) in [5.74, 6) is 1.19. The van der Waals surface area contributed by atoms with Gasteiger partial charge in [0.15, 0.2) is 0 Å². The molecule has 118 valence electrons. The molecule has 2 aromatic rings. The maximum atomic E-state index is 12.2. The lowest BCUT2D eigenvalue weighted by molar-refractivity contribution is -0.126. The second-order valence-electron chi connectivity index (χ2n) is 5.74. The van der Waals surface area contributed by atoms with Crippen molar-refractivity contribution in [3.05, 3.63) is 42.9 Å². The number of hydrogen-bond acceptors (Lipinski definition) is 6. The molecule has 1 aromatic carbocycles. The molecule has 1 spiro atoms. The summed E-state index contributed by atoms with van der Waals surface area (Å²) in [4.78, 5) is 22.3. The van der Waals surface area contributed by atoms with Crippen molar-refractivity contribution in [2.75, 3.05) is 4.90 Å². The lowest BCUT2D eigenvalue weighted by Gasteiger charge is -2.44.